The van der Waals surface area contributed by atoms with Gasteiger partial charge in [0, 0.05) is 0 Å². The summed E-state index contributed by atoms with van der Waals surface area (Å²) in [7, 11) is 0. The van der Waals surface area contributed by atoms with Gasteiger partial charge in [-0.25, -0.2) is 0 Å². The first-order chi connectivity index (χ1) is 7.16. The average Bonchev–Trinajstić information content (AvgIpc) is 2.26. The Morgan fingerprint density at radius 2 is 1.80 bits per heavy atom. The van der Waals surface area contributed by atoms with Crippen LogP contribution >= 0.6 is 0 Å². The molecule has 15 heavy (non-hydrogen) atoms. The van der Waals surface area contributed by atoms with E-state index in [4.69, 9.17) is 0 Å². The maximum absolute atomic E-state index is 10.2. The first-order valence-corrected chi connectivity index (χ1v) is 5.20. The number of rotatable bonds is 3. The van der Waals surface area contributed by atoms with Crippen LogP contribution in [0.25, 0.3) is 0 Å². The van der Waals surface area contributed by atoms with Gasteiger partial charge in [0.05, 0.1) is 0 Å². The van der Waals surface area contributed by atoms with Gasteiger partial charge in [-0.15, -0.1) is 0 Å². The summed E-state index contributed by atoms with van der Waals surface area (Å²) in [6, 6.07) is 9.72. The maximum atomic E-state index is 10.2. The molecule has 1 N–H and O–H groups in total. The highest BCUT2D eigenvalue weighted by molar-refractivity contribution is 5.34. The van der Waals surface area contributed by atoms with Crippen molar-refractivity contribution in [3.63, 3.8) is 0 Å². The van der Waals surface area contributed by atoms with Gasteiger partial charge in [-0.1, -0.05) is 48.1 Å². The van der Waals surface area contributed by atoms with Crippen LogP contribution in [0.3, 0.4) is 0 Å². The summed E-state index contributed by atoms with van der Waals surface area (Å²) in [6.07, 6.45) is 3.40. The molecule has 0 spiro atoms. The van der Waals surface area contributed by atoms with Crippen molar-refractivity contribution in [3.05, 3.63) is 59.2 Å². The lowest BCUT2D eigenvalue weighted by Crippen LogP contribution is -2.01. The standard InChI is InChI=1S/C14H18O/c1-4-8-13(11(2)3)14(15)12-9-6-5-7-10-12/h4-10,14-15H,1-3H3/b8-4-. The first kappa shape index (κ1) is 11.7. The summed E-state index contributed by atoms with van der Waals surface area (Å²) in [5.74, 6) is 0. The lowest BCUT2D eigenvalue weighted by molar-refractivity contribution is 0.218. The Morgan fingerprint density at radius 3 is 2.27 bits per heavy atom. The number of hydrogen-bond acceptors (Lipinski definition) is 1. The molecular weight excluding hydrogens is 184 g/mol. The van der Waals surface area contributed by atoms with Crippen LogP contribution < -0.4 is 0 Å². The Kier molecular flexibility index (Phi) is 4.32. The molecule has 0 amide bonds. The summed E-state index contributed by atoms with van der Waals surface area (Å²) in [5, 5.41) is 10.2. The fourth-order valence-corrected chi connectivity index (χ4v) is 1.53. The zero-order chi connectivity index (χ0) is 11.3. The number of hydrogen-bond donors (Lipinski definition) is 1. The van der Waals surface area contributed by atoms with Crippen molar-refractivity contribution in [2.24, 2.45) is 0 Å². The van der Waals surface area contributed by atoms with E-state index in [-0.39, 0.29) is 0 Å². The van der Waals surface area contributed by atoms with Crippen LogP contribution in [0.1, 0.15) is 32.4 Å². The number of benzene rings is 1. The Hall–Kier alpha value is -1.34. The Balaban J connectivity index is 3.02. The molecule has 0 aromatic heterocycles. The minimum Gasteiger partial charge on any atom is -0.384 e. The van der Waals surface area contributed by atoms with Gasteiger partial charge in [0.1, 0.15) is 6.10 Å². The third-order valence-electron chi connectivity index (χ3n) is 2.33. The smallest absolute Gasteiger partial charge is 0.104 e. The number of aliphatic hydroxyl groups excluding tert-OH is 1. The van der Waals surface area contributed by atoms with Gasteiger partial charge < -0.3 is 5.11 Å². The van der Waals surface area contributed by atoms with Crippen LogP contribution in [0.15, 0.2) is 53.6 Å². The fraction of sp³-hybridized carbons (Fsp3) is 0.286. The van der Waals surface area contributed by atoms with E-state index in [1.54, 1.807) is 0 Å². The van der Waals surface area contributed by atoms with Gasteiger partial charge >= 0.3 is 0 Å². The summed E-state index contributed by atoms with van der Waals surface area (Å²) < 4.78 is 0. The second kappa shape index (κ2) is 5.52. The molecule has 0 bridgehead atoms. The molecule has 0 aliphatic rings. The molecule has 1 aromatic rings. The molecule has 0 aliphatic heterocycles. The van der Waals surface area contributed by atoms with Gasteiger partial charge in [0.15, 0.2) is 0 Å². The van der Waals surface area contributed by atoms with Gasteiger partial charge in [0.2, 0.25) is 0 Å². The molecule has 0 saturated heterocycles. The van der Waals surface area contributed by atoms with Crippen molar-refractivity contribution >= 4 is 0 Å². The zero-order valence-corrected chi connectivity index (χ0v) is 9.57. The largest absolute Gasteiger partial charge is 0.384 e. The molecule has 1 atom stereocenters. The quantitative estimate of drug-likeness (QED) is 0.742. The third kappa shape index (κ3) is 3.07. The molecule has 80 valence electrons. The van der Waals surface area contributed by atoms with E-state index in [1.807, 2.05) is 63.3 Å². The van der Waals surface area contributed by atoms with Crippen LogP contribution in [0, 0.1) is 0 Å². The van der Waals surface area contributed by atoms with Crippen molar-refractivity contribution < 1.29 is 5.11 Å². The average molecular weight is 202 g/mol. The van der Waals surface area contributed by atoms with Gasteiger partial charge in [0.25, 0.3) is 0 Å². The number of allylic oxidation sites excluding steroid dienone is 2. The summed E-state index contributed by atoms with van der Waals surface area (Å²) >= 11 is 0. The molecule has 1 heteroatoms. The molecule has 1 unspecified atom stereocenters. The van der Waals surface area contributed by atoms with Gasteiger partial charge in [-0.2, -0.15) is 0 Å². The van der Waals surface area contributed by atoms with E-state index in [0.717, 1.165) is 16.7 Å². The second-order valence-corrected chi connectivity index (χ2v) is 3.77. The highest BCUT2D eigenvalue weighted by atomic mass is 16.3. The highest BCUT2D eigenvalue weighted by Gasteiger charge is 2.11. The Labute approximate surface area is 91.8 Å². The van der Waals surface area contributed by atoms with Crippen LogP contribution in [0.5, 0.6) is 0 Å². The first-order valence-electron chi connectivity index (χ1n) is 5.20. The molecule has 0 radical (unpaired) electrons. The zero-order valence-electron chi connectivity index (χ0n) is 9.57. The van der Waals surface area contributed by atoms with E-state index < -0.39 is 6.10 Å². The van der Waals surface area contributed by atoms with Crippen LogP contribution in [-0.2, 0) is 0 Å². The van der Waals surface area contributed by atoms with Crippen molar-refractivity contribution in [1.29, 1.82) is 0 Å². The van der Waals surface area contributed by atoms with Crippen LogP contribution in [0.4, 0.5) is 0 Å². The SMILES string of the molecule is C/C=C\C(=C(C)C)C(O)c1ccccc1. The van der Waals surface area contributed by atoms with E-state index in [9.17, 15) is 5.11 Å². The molecule has 1 nitrogen and oxygen atoms in total. The molecule has 0 heterocycles. The molecule has 0 fully saturated rings. The van der Waals surface area contributed by atoms with Gasteiger partial charge in [-0.3, -0.25) is 0 Å². The maximum Gasteiger partial charge on any atom is 0.104 e. The lowest BCUT2D eigenvalue weighted by atomic mass is 9.98. The Morgan fingerprint density at radius 1 is 1.20 bits per heavy atom. The topological polar surface area (TPSA) is 20.2 Å². The predicted molar refractivity (Wildman–Crippen MR) is 64.6 cm³/mol. The highest BCUT2D eigenvalue weighted by Crippen LogP contribution is 2.24. The van der Waals surface area contributed by atoms with Crippen molar-refractivity contribution in [3.8, 4) is 0 Å². The predicted octanol–water partition coefficient (Wildman–Crippen LogP) is 3.63. The lowest BCUT2D eigenvalue weighted by Gasteiger charge is -2.14. The Bertz CT molecular complexity index is 356. The summed E-state index contributed by atoms with van der Waals surface area (Å²) in [6.45, 7) is 5.99. The normalized spacial score (nSPS) is 12.8. The van der Waals surface area contributed by atoms with Crippen molar-refractivity contribution in [2.45, 2.75) is 26.9 Å². The number of aliphatic hydroxyl groups is 1. The summed E-state index contributed by atoms with van der Waals surface area (Å²) in [4.78, 5) is 0. The van der Waals surface area contributed by atoms with E-state index in [2.05, 4.69) is 0 Å². The monoisotopic (exact) mass is 202 g/mol. The van der Waals surface area contributed by atoms with Gasteiger partial charge in [-0.05, 0) is 31.9 Å². The van der Waals surface area contributed by atoms with Crippen LogP contribution in [0.2, 0.25) is 0 Å². The minimum atomic E-state index is -0.521. The van der Waals surface area contributed by atoms with E-state index in [0.29, 0.717) is 0 Å². The fourth-order valence-electron chi connectivity index (χ4n) is 1.53. The molecule has 0 saturated carbocycles. The third-order valence-corrected chi connectivity index (χ3v) is 2.33. The minimum absolute atomic E-state index is 0.521. The second-order valence-electron chi connectivity index (χ2n) is 3.77. The van der Waals surface area contributed by atoms with Crippen molar-refractivity contribution in [2.75, 3.05) is 0 Å². The molecule has 0 aliphatic carbocycles. The molecular formula is C14H18O. The van der Waals surface area contributed by atoms with Crippen LogP contribution in [-0.4, -0.2) is 5.11 Å². The molecule has 1 aromatic carbocycles. The molecule has 1 rings (SSSR count). The van der Waals surface area contributed by atoms with Crippen molar-refractivity contribution in [1.82, 2.24) is 0 Å². The summed E-state index contributed by atoms with van der Waals surface area (Å²) in [5.41, 5.74) is 3.06. The van der Waals surface area contributed by atoms with E-state index >= 15 is 0 Å². The van der Waals surface area contributed by atoms with E-state index in [1.165, 1.54) is 0 Å².